The number of hydrogen-bond donors (Lipinski definition) is 1. The molecule has 8 heavy (non-hydrogen) atoms. The van der Waals surface area contributed by atoms with Crippen molar-refractivity contribution in [1.29, 1.82) is 0 Å². The van der Waals surface area contributed by atoms with Crippen LogP contribution in [0.15, 0.2) is 12.2 Å². The van der Waals surface area contributed by atoms with Crippen LogP contribution in [0.1, 0.15) is 0 Å². The largest absolute Gasteiger partial charge is 0.289 e. The van der Waals surface area contributed by atoms with Gasteiger partial charge in [0.25, 0.3) is 11.8 Å². The molecule has 3 radical (unpaired) electrons. The first-order valence-electron chi connectivity index (χ1n) is 1.82. The van der Waals surface area contributed by atoms with E-state index in [1.807, 2.05) is 5.32 Å². The zero-order chi connectivity index (χ0) is 5.28. The molecule has 2 amide bonds. The number of nitrogens with one attached hydrogen (secondary N) is 1. The van der Waals surface area contributed by atoms with Crippen molar-refractivity contribution in [3.63, 3.8) is 0 Å². The van der Waals surface area contributed by atoms with Gasteiger partial charge in [0.15, 0.2) is 0 Å². The highest BCUT2D eigenvalue weighted by molar-refractivity contribution is 6.12. The molecule has 0 bridgehead atoms. The van der Waals surface area contributed by atoms with Crippen LogP contribution in [0.5, 0.6) is 0 Å². The van der Waals surface area contributed by atoms with E-state index in [9.17, 15) is 9.59 Å². The number of carbonyl (C=O) groups is 2. The van der Waals surface area contributed by atoms with Crippen LogP contribution in [0, 0.1) is 0 Å². The molecule has 0 aromatic heterocycles. The van der Waals surface area contributed by atoms with E-state index in [-0.39, 0.29) is 20.2 Å². The van der Waals surface area contributed by atoms with E-state index >= 15 is 0 Å². The summed E-state index contributed by atoms with van der Waals surface area (Å²) in [5.74, 6) is -0.657. The van der Waals surface area contributed by atoms with Gasteiger partial charge in [-0.05, 0) is 0 Å². The van der Waals surface area contributed by atoms with Gasteiger partial charge >= 0.3 is 0 Å². The van der Waals surface area contributed by atoms with Gasteiger partial charge in [0.2, 0.25) is 0 Å². The van der Waals surface area contributed by atoms with Gasteiger partial charge in [-0.2, -0.15) is 0 Å². The van der Waals surface area contributed by atoms with Crippen molar-refractivity contribution in [1.82, 2.24) is 5.32 Å². The zero-order valence-electron chi connectivity index (χ0n) is 4.05. The van der Waals surface area contributed by atoms with Gasteiger partial charge in [-0.15, -0.1) is 0 Å². The van der Waals surface area contributed by atoms with Gasteiger partial charge in [0.05, 0.1) is 0 Å². The monoisotopic (exact) mass is 108 g/mol. The second kappa shape index (κ2) is 2.30. The second-order valence-electron chi connectivity index (χ2n) is 1.19. The van der Waals surface area contributed by atoms with Crippen molar-refractivity contribution in [3.05, 3.63) is 12.2 Å². The van der Waals surface area contributed by atoms with Crippen molar-refractivity contribution < 1.29 is 9.59 Å². The van der Waals surface area contributed by atoms with Crippen molar-refractivity contribution >= 4 is 20.2 Å². The van der Waals surface area contributed by atoms with Crippen LogP contribution in [0.3, 0.4) is 0 Å². The molecule has 3 nitrogen and oxygen atoms in total. The van der Waals surface area contributed by atoms with E-state index in [0.717, 1.165) is 0 Å². The Balaban J connectivity index is 0.000000490. The van der Waals surface area contributed by atoms with Gasteiger partial charge in [-0.1, -0.05) is 0 Å². The van der Waals surface area contributed by atoms with Crippen molar-refractivity contribution in [2.75, 3.05) is 0 Å². The fraction of sp³-hybridized carbons (Fsp3) is 0. The maximum atomic E-state index is 10.0. The molecule has 0 fully saturated rings. The summed E-state index contributed by atoms with van der Waals surface area (Å²) in [6.45, 7) is 0. The first-order valence-corrected chi connectivity index (χ1v) is 1.82. The summed E-state index contributed by atoms with van der Waals surface area (Å²) in [4.78, 5) is 20.1. The Morgan fingerprint density at radius 1 is 1.12 bits per heavy atom. The third-order valence-corrected chi connectivity index (χ3v) is 0.632. The van der Waals surface area contributed by atoms with Gasteiger partial charge < -0.3 is 0 Å². The van der Waals surface area contributed by atoms with Crippen LogP contribution in [0.4, 0.5) is 0 Å². The Labute approximate surface area is 48.3 Å². The number of carbonyl (C=O) groups excluding carboxylic acids is 2. The summed E-state index contributed by atoms with van der Waals surface area (Å²) in [5.41, 5.74) is 0. The normalized spacial score (nSPS) is 15.5. The number of amides is 2. The molecule has 0 aromatic rings. The molecule has 0 saturated carbocycles. The molecule has 0 aromatic carbocycles. The quantitative estimate of drug-likeness (QED) is 0.313. The SMILES string of the molecule is O=C1C=CC(=O)N1.[B]. The minimum absolute atomic E-state index is 0. The van der Waals surface area contributed by atoms with Crippen LogP contribution in [-0.2, 0) is 9.59 Å². The fourth-order valence-corrected chi connectivity index (χ4v) is 0.356. The van der Waals surface area contributed by atoms with Gasteiger partial charge in [-0.3, -0.25) is 14.9 Å². The average molecular weight is 108 g/mol. The molecule has 1 aliphatic heterocycles. The summed E-state index contributed by atoms with van der Waals surface area (Å²) in [6, 6.07) is 0. The minimum Gasteiger partial charge on any atom is -0.289 e. The maximum absolute atomic E-state index is 10.0. The molecule has 0 aliphatic carbocycles. The van der Waals surface area contributed by atoms with E-state index in [1.54, 1.807) is 0 Å². The molecule has 0 saturated heterocycles. The zero-order valence-corrected chi connectivity index (χ0v) is 4.05. The lowest BCUT2D eigenvalue weighted by Gasteiger charge is -1.80. The molecule has 0 spiro atoms. The third-order valence-electron chi connectivity index (χ3n) is 0.632. The Morgan fingerprint density at radius 3 is 1.62 bits per heavy atom. The molecule has 1 rings (SSSR count). The summed E-state index contributed by atoms with van der Waals surface area (Å²) in [5, 5.41) is 2.03. The van der Waals surface area contributed by atoms with Crippen LogP contribution in [0.2, 0.25) is 0 Å². The van der Waals surface area contributed by atoms with Gasteiger partial charge in [-0.25, -0.2) is 0 Å². The smallest absolute Gasteiger partial charge is 0.250 e. The predicted molar refractivity (Wildman–Crippen MR) is 28.0 cm³/mol. The molecule has 39 valence electrons. The van der Waals surface area contributed by atoms with Crippen molar-refractivity contribution in [3.8, 4) is 0 Å². The standard InChI is InChI=1S/C4H3NO2.B/c6-3-1-2-4(7)5-3;/h1-2H,(H,5,6,7);. The lowest BCUT2D eigenvalue weighted by molar-refractivity contribution is -0.123. The summed E-state index contributed by atoms with van der Waals surface area (Å²) in [6.07, 6.45) is 2.39. The molecule has 1 heterocycles. The molecular weight excluding hydrogens is 105 g/mol. The average Bonchev–Trinajstić information content (AvgIpc) is 1.87. The number of imide groups is 1. The number of rotatable bonds is 0. The van der Waals surface area contributed by atoms with Crippen molar-refractivity contribution in [2.24, 2.45) is 0 Å². The molecule has 4 heteroatoms. The van der Waals surface area contributed by atoms with Crippen LogP contribution >= 0.6 is 0 Å². The topological polar surface area (TPSA) is 46.2 Å². The van der Waals surface area contributed by atoms with E-state index in [4.69, 9.17) is 0 Å². The third kappa shape index (κ3) is 1.22. The first-order chi connectivity index (χ1) is 3.29. The predicted octanol–water partition coefficient (Wildman–Crippen LogP) is -1.18. The Morgan fingerprint density at radius 2 is 1.50 bits per heavy atom. The van der Waals surface area contributed by atoms with Crippen LogP contribution in [0.25, 0.3) is 0 Å². The molecule has 1 N–H and O–H groups in total. The van der Waals surface area contributed by atoms with E-state index < -0.39 is 0 Å². The van der Waals surface area contributed by atoms with E-state index in [1.165, 1.54) is 12.2 Å². The number of hydrogen-bond acceptors (Lipinski definition) is 2. The molecular formula is C4H3BNO2. The fourth-order valence-electron chi connectivity index (χ4n) is 0.356. The Kier molecular flexibility index (Phi) is 2.00. The molecule has 0 unspecified atom stereocenters. The summed E-state index contributed by atoms with van der Waals surface area (Å²) in [7, 11) is 0. The molecule has 0 atom stereocenters. The van der Waals surface area contributed by atoms with Gasteiger partial charge in [0.1, 0.15) is 0 Å². The van der Waals surface area contributed by atoms with Crippen LogP contribution in [-0.4, -0.2) is 20.2 Å². The maximum Gasteiger partial charge on any atom is 0.250 e. The van der Waals surface area contributed by atoms with Gasteiger partial charge in [0, 0.05) is 20.6 Å². The highest BCUT2D eigenvalue weighted by Crippen LogP contribution is 1.82. The Hall–Kier alpha value is -1.06. The lowest BCUT2D eigenvalue weighted by Crippen LogP contribution is -2.19. The molecule has 1 aliphatic rings. The highest BCUT2D eigenvalue weighted by atomic mass is 16.2. The lowest BCUT2D eigenvalue weighted by atomic mass is 10.6. The van der Waals surface area contributed by atoms with Crippen LogP contribution < -0.4 is 5.32 Å². The summed E-state index contributed by atoms with van der Waals surface area (Å²) >= 11 is 0. The minimum atomic E-state index is -0.329. The van der Waals surface area contributed by atoms with E-state index in [0.29, 0.717) is 0 Å². The van der Waals surface area contributed by atoms with E-state index in [2.05, 4.69) is 0 Å². The first kappa shape index (κ1) is 6.94. The summed E-state index contributed by atoms with van der Waals surface area (Å²) < 4.78 is 0. The highest BCUT2D eigenvalue weighted by Gasteiger charge is 2.06. The van der Waals surface area contributed by atoms with Crippen molar-refractivity contribution in [2.45, 2.75) is 0 Å². The second-order valence-corrected chi connectivity index (χ2v) is 1.19. The Bertz CT molecular complexity index is 136.